The molecule has 0 unspecified atom stereocenters. The van der Waals surface area contributed by atoms with E-state index in [1.54, 1.807) is 18.2 Å². The molecular weight excluding hydrogens is 280 g/mol. The van der Waals surface area contributed by atoms with E-state index in [1.807, 2.05) is 36.4 Å². The van der Waals surface area contributed by atoms with Crippen LogP contribution < -0.4 is 11.1 Å². The van der Waals surface area contributed by atoms with Crippen LogP contribution >= 0.6 is 0 Å². The largest absolute Gasteiger partial charge is 0.391 e. The normalized spacial score (nSPS) is 13.2. The molecule has 0 heterocycles. The van der Waals surface area contributed by atoms with E-state index in [1.165, 1.54) is 6.92 Å². The molecule has 5 nitrogen and oxygen atoms in total. The zero-order chi connectivity index (χ0) is 16.1. The van der Waals surface area contributed by atoms with Crippen molar-refractivity contribution in [3.63, 3.8) is 0 Å². The molecular formula is C17H18N2O3. The summed E-state index contributed by atoms with van der Waals surface area (Å²) in [6.07, 6.45) is -1.06. The molecule has 2 aromatic rings. The van der Waals surface area contributed by atoms with E-state index in [9.17, 15) is 14.7 Å². The van der Waals surface area contributed by atoms with Crippen LogP contribution in [-0.4, -0.2) is 29.1 Å². The van der Waals surface area contributed by atoms with E-state index in [2.05, 4.69) is 5.32 Å². The standard InChI is InChI=1S/C17H18N2O3/c1-11(20)15(16(18)21)19-17(22)14-9-5-8-13(10-14)12-6-3-2-4-7-12/h2-11,15,20H,1H3,(H2,18,21)(H,19,22)/t11-,15+/m1/s1. The van der Waals surface area contributed by atoms with E-state index in [-0.39, 0.29) is 0 Å². The SMILES string of the molecule is C[C@@H](O)[C@H](NC(=O)c1cccc(-c2ccccc2)c1)C(N)=O. The summed E-state index contributed by atoms with van der Waals surface area (Å²) >= 11 is 0. The highest BCUT2D eigenvalue weighted by atomic mass is 16.3. The summed E-state index contributed by atoms with van der Waals surface area (Å²) in [6.45, 7) is 1.40. The van der Waals surface area contributed by atoms with Crippen LogP contribution in [0.4, 0.5) is 0 Å². The summed E-state index contributed by atoms with van der Waals surface area (Å²) in [6, 6.07) is 15.5. The lowest BCUT2D eigenvalue weighted by molar-refractivity contribution is -0.122. The van der Waals surface area contributed by atoms with Crippen molar-refractivity contribution in [3.8, 4) is 11.1 Å². The average molecular weight is 298 g/mol. The van der Waals surface area contributed by atoms with Crippen LogP contribution in [0.15, 0.2) is 54.6 Å². The summed E-state index contributed by atoms with van der Waals surface area (Å²) in [5.41, 5.74) is 7.44. The average Bonchev–Trinajstić information content (AvgIpc) is 2.52. The Kier molecular flexibility index (Phi) is 4.91. The van der Waals surface area contributed by atoms with Crippen molar-refractivity contribution in [2.75, 3.05) is 0 Å². The molecule has 2 atom stereocenters. The molecule has 2 amide bonds. The number of rotatable bonds is 5. The Hall–Kier alpha value is -2.66. The van der Waals surface area contributed by atoms with Gasteiger partial charge in [-0.05, 0) is 30.2 Å². The highest BCUT2D eigenvalue weighted by Crippen LogP contribution is 2.20. The van der Waals surface area contributed by atoms with Gasteiger partial charge in [-0.25, -0.2) is 0 Å². The van der Waals surface area contributed by atoms with E-state index in [4.69, 9.17) is 5.73 Å². The second kappa shape index (κ2) is 6.87. The third-order valence-electron chi connectivity index (χ3n) is 3.31. The molecule has 0 aliphatic heterocycles. The zero-order valence-corrected chi connectivity index (χ0v) is 12.2. The van der Waals surface area contributed by atoms with Crippen LogP contribution in [-0.2, 0) is 4.79 Å². The molecule has 2 rings (SSSR count). The number of aliphatic hydroxyl groups is 1. The Labute approximate surface area is 128 Å². The molecule has 0 aromatic heterocycles. The van der Waals surface area contributed by atoms with Crippen molar-refractivity contribution in [2.24, 2.45) is 5.73 Å². The number of carbonyl (C=O) groups excluding carboxylic acids is 2. The van der Waals surface area contributed by atoms with Gasteiger partial charge < -0.3 is 16.2 Å². The third-order valence-corrected chi connectivity index (χ3v) is 3.31. The molecule has 2 aromatic carbocycles. The lowest BCUT2D eigenvalue weighted by Gasteiger charge is -2.18. The van der Waals surface area contributed by atoms with Gasteiger partial charge in [0.05, 0.1) is 6.10 Å². The lowest BCUT2D eigenvalue weighted by Crippen LogP contribution is -2.50. The smallest absolute Gasteiger partial charge is 0.252 e. The van der Waals surface area contributed by atoms with Gasteiger partial charge in [0.25, 0.3) is 5.91 Å². The van der Waals surface area contributed by atoms with Gasteiger partial charge in [0.2, 0.25) is 5.91 Å². The van der Waals surface area contributed by atoms with Crippen molar-refractivity contribution < 1.29 is 14.7 Å². The van der Waals surface area contributed by atoms with Crippen LogP contribution in [0.1, 0.15) is 17.3 Å². The fraction of sp³-hybridized carbons (Fsp3) is 0.176. The van der Waals surface area contributed by atoms with Crippen LogP contribution in [0.2, 0.25) is 0 Å². The van der Waals surface area contributed by atoms with E-state index in [0.29, 0.717) is 5.56 Å². The number of nitrogens with one attached hydrogen (secondary N) is 1. The van der Waals surface area contributed by atoms with Crippen LogP contribution in [0.5, 0.6) is 0 Å². The van der Waals surface area contributed by atoms with Crippen LogP contribution in [0.3, 0.4) is 0 Å². The number of primary amides is 1. The Morgan fingerprint density at radius 1 is 1.05 bits per heavy atom. The first-order chi connectivity index (χ1) is 10.5. The summed E-state index contributed by atoms with van der Waals surface area (Å²) in [4.78, 5) is 23.5. The summed E-state index contributed by atoms with van der Waals surface area (Å²) in [7, 11) is 0. The molecule has 4 N–H and O–H groups in total. The molecule has 0 aliphatic rings. The second-order valence-electron chi connectivity index (χ2n) is 5.04. The van der Waals surface area contributed by atoms with Gasteiger partial charge in [-0.3, -0.25) is 9.59 Å². The number of carbonyl (C=O) groups is 2. The number of aliphatic hydroxyl groups excluding tert-OH is 1. The van der Waals surface area contributed by atoms with Crippen LogP contribution in [0.25, 0.3) is 11.1 Å². The van der Waals surface area contributed by atoms with Gasteiger partial charge >= 0.3 is 0 Å². The molecule has 0 fully saturated rings. The molecule has 0 aliphatic carbocycles. The van der Waals surface area contributed by atoms with E-state index >= 15 is 0 Å². The maximum atomic E-state index is 12.2. The number of amides is 2. The Morgan fingerprint density at radius 3 is 2.27 bits per heavy atom. The number of hydrogen-bond donors (Lipinski definition) is 3. The van der Waals surface area contributed by atoms with Gasteiger partial charge in [-0.1, -0.05) is 42.5 Å². The van der Waals surface area contributed by atoms with Gasteiger partial charge in [0.1, 0.15) is 6.04 Å². The fourth-order valence-electron chi connectivity index (χ4n) is 2.12. The monoisotopic (exact) mass is 298 g/mol. The molecule has 0 bridgehead atoms. The molecule has 0 spiro atoms. The molecule has 5 heteroatoms. The Morgan fingerprint density at radius 2 is 1.68 bits per heavy atom. The van der Waals surface area contributed by atoms with Crippen molar-refractivity contribution in [3.05, 3.63) is 60.2 Å². The summed E-state index contributed by atoms with van der Waals surface area (Å²) in [5.74, 6) is -1.23. The maximum Gasteiger partial charge on any atom is 0.252 e. The van der Waals surface area contributed by atoms with Gasteiger partial charge in [0, 0.05) is 5.56 Å². The predicted octanol–water partition coefficient (Wildman–Crippen LogP) is 1.32. The highest BCUT2D eigenvalue weighted by molar-refractivity contribution is 5.98. The van der Waals surface area contributed by atoms with Crippen molar-refractivity contribution in [1.82, 2.24) is 5.32 Å². The minimum absolute atomic E-state index is 0.397. The van der Waals surface area contributed by atoms with Crippen molar-refractivity contribution in [2.45, 2.75) is 19.1 Å². The Balaban J connectivity index is 2.22. The minimum Gasteiger partial charge on any atom is -0.391 e. The first-order valence-electron chi connectivity index (χ1n) is 6.93. The summed E-state index contributed by atoms with van der Waals surface area (Å²) in [5, 5.41) is 11.9. The first-order valence-corrected chi connectivity index (χ1v) is 6.93. The third kappa shape index (κ3) is 3.71. The maximum absolute atomic E-state index is 12.2. The predicted molar refractivity (Wildman–Crippen MR) is 84.0 cm³/mol. The number of hydrogen-bond acceptors (Lipinski definition) is 3. The van der Waals surface area contributed by atoms with E-state index < -0.39 is 24.0 Å². The van der Waals surface area contributed by atoms with Crippen molar-refractivity contribution in [1.29, 1.82) is 0 Å². The number of benzene rings is 2. The summed E-state index contributed by atoms with van der Waals surface area (Å²) < 4.78 is 0. The van der Waals surface area contributed by atoms with Gasteiger partial charge in [0.15, 0.2) is 0 Å². The quantitative estimate of drug-likeness (QED) is 0.777. The highest BCUT2D eigenvalue weighted by Gasteiger charge is 2.23. The first kappa shape index (κ1) is 15.7. The van der Waals surface area contributed by atoms with Gasteiger partial charge in [-0.2, -0.15) is 0 Å². The fourth-order valence-corrected chi connectivity index (χ4v) is 2.12. The number of nitrogens with two attached hydrogens (primary N) is 1. The molecule has 0 radical (unpaired) electrons. The topological polar surface area (TPSA) is 92.4 Å². The van der Waals surface area contributed by atoms with E-state index in [0.717, 1.165) is 11.1 Å². The Bertz CT molecular complexity index is 669. The lowest BCUT2D eigenvalue weighted by atomic mass is 10.0. The molecule has 0 saturated carbocycles. The van der Waals surface area contributed by atoms with Crippen molar-refractivity contribution >= 4 is 11.8 Å². The molecule has 22 heavy (non-hydrogen) atoms. The van der Waals surface area contributed by atoms with Gasteiger partial charge in [-0.15, -0.1) is 0 Å². The molecule has 114 valence electrons. The zero-order valence-electron chi connectivity index (χ0n) is 12.2. The second-order valence-corrected chi connectivity index (χ2v) is 5.04. The van der Waals surface area contributed by atoms with Crippen LogP contribution in [0, 0.1) is 0 Å². The minimum atomic E-state index is -1.12. The molecule has 0 saturated heterocycles.